The monoisotopic (exact) mass is 464 g/mol. The van der Waals surface area contributed by atoms with Crippen LogP contribution in [0.4, 0.5) is 0 Å². The van der Waals surface area contributed by atoms with E-state index in [4.69, 9.17) is 23.7 Å². The van der Waals surface area contributed by atoms with Crippen molar-refractivity contribution in [3.05, 3.63) is 0 Å². The molecule has 0 radical (unpaired) electrons. The Kier molecular flexibility index (Phi) is 20.8. The summed E-state index contributed by atoms with van der Waals surface area (Å²) in [5.41, 5.74) is 0. The second kappa shape index (κ2) is 20.7. The average molecular weight is 465 g/mol. The highest BCUT2D eigenvalue weighted by atomic mass is 32.1. The molecule has 0 amide bonds. The number of hydrogen-bond acceptors (Lipinski definition) is 6. The minimum Gasteiger partial charge on any atom is -0.381 e. The predicted octanol–water partition coefficient (Wildman–Crippen LogP) is 5.37. The molecule has 0 aliphatic rings. The standard InChI is InChI=1S/C25H52O5S/c1-8-20(3)10-26-12-22(5)13-27-14-23(6)15-28-16-24(7)17-30-19-25(31)18-29-11-21(4)9-2/h20-25,31H,8-19H2,1-7H3. The molecule has 0 aromatic heterocycles. The van der Waals surface area contributed by atoms with Gasteiger partial charge in [0.25, 0.3) is 0 Å². The Hall–Kier alpha value is 0.150. The van der Waals surface area contributed by atoms with Crippen molar-refractivity contribution in [2.24, 2.45) is 29.6 Å². The van der Waals surface area contributed by atoms with Crippen molar-refractivity contribution in [1.29, 1.82) is 0 Å². The molecule has 0 aromatic carbocycles. The lowest BCUT2D eigenvalue weighted by Gasteiger charge is -2.18. The second-order valence-electron chi connectivity index (χ2n) is 9.68. The largest absolute Gasteiger partial charge is 0.381 e. The lowest BCUT2D eigenvalue weighted by Crippen LogP contribution is -2.22. The molecule has 0 N–H and O–H groups in total. The summed E-state index contributed by atoms with van der Waals surface area (Å²) in [5, 5.41) is 0.122. The van der Waals surface area contributed by atoms with Crippen LogP contribution in [0.5, 0.6) is 0 Å². The smallest absolute Gasteiger partial charge is 0.0604 e. The quantitative estimate of drug-likeness (QED) is 0.218. The van der Waals surface area contributed by atoms with Crippen LogP contribution in [0.25, 0.3) is 0 Å². The maximum Gasteiger partial charge on any atom is 0.0604 e. The zero-order valence-electron chi connectivity index (χ0n) is 21.4. The highest BCUT2D eigenvalue weighted by Crippen LogP contribution is 2.07. The van der Waals surface area contributed by atoms with Gasteiger partial charge in [-0.05, 0) is 11.8 Å². The third-order valence-corrected chi connectivity index (χ3v) is 5.53. The van der Waals surface area contributed by atoms with Gasteiger partial charge in [-0.2, -0.15) is 12.6 Å². The molecular formula is C25H52O5S. The van der Waals surface area contributed by atoms with Gasteiger partial charge in [-0.25, -0.2) is 0 Å². The Balaban J connectivity index is 3.60. The normalized spacial score (nSPS) is 17.8. The first kappa shape index (κ1) is 31.1. The van der Waals surface area contributed by atoms with Crippen LogP contribution in [0.1, 0.15) is 61.3 Å². The van der Waals surface area contributed by atoms with E-state index in [2.05, 4.69) is 61.1 Å². The summed E-state index contributed by atoms with van der Waals surface area (Å²) in [6.07, 6.45) is 2.30. The Labute approximate surface area is 198 Å². The van der Waals surface area contributed by atoms with Gasteiger partial charge < -0.3 is 23.7 Å². The fourth-order valence-electron chi connectivity index (χ4n) is 2.65. The number of hydrogen-bond donors (Lipinski definition) is 1. The Bertz CT molecular complexity index is 351. The van der Waals surface area contributed by atoms with Gasteiger partial charge in [0.05, 0.1) is 52.9 Å². The van der Waals surface area contributed by atoms with Crippen molar-refractivity contribution in [2.45, 2.75) is 66.6 Å². The van der Waals surface area contributed by atoms with Gasteiger partial charge in [0.1, 0.15) is 0 Å². The molecule has 6 heteroatoms. The molecule has 0 aliphatic carbocycles. The van der Waals surface area contributed by atoms with Gasteiger partial charge in [0, 0.05) is 36.2 Å². The lowest BCUT2D eigenvalue weighted by molar-refractivity contribution is -0.00302. The minimum absolute atomic E-state index is 0.122. The maximum atomic E-state index is 5.85. The van der Waals surface area contributed by atoms with Gasteiger partial charge in [0.2, 0.25) is 0 Å². The van der Waals surface area contributed by atoms with Crippen LogP contribution in [0.15, 0.2) is 0 Å². The van der Waals surface area contributed by atoms with Crippen LogP contribution in [-0.4, -0.2) is 71.3 Å². The summed E-state index contributed by atoms with van der Waals surface area (Å²) < 4.78 is 28.9. The zero-order valence-corrected chi connectivity index (χ0v) is 22.3. The predicted molar refractivity (Wildman–Crippen MR) is 133 cm³/mol. The van der Waals surface area contributed by atoms with E-state index in [1.165, 1.54) is 0 Å². The highest BCUT2D eigenvalue weighted by Gasteiger charge is 2.10. The van der Waals surface area contributed by atoms with Crippen LogP contribution in [-0.2, 0) is 23.7 Å². The molecule has 0 fully saturated rings. The molecule has 188 valence electrons. The third kappa shape index (κ3) is 20.5. The third-order valence-electron chi connectivity index (χ3n) is 5.23. The molecule has 6 atom stereocenters. The van der Waals surface area contributed by atoms with Crippen molar-refractivity contribution in [3.63, 3.8) is 0 Å². The van der Waals surface area contributed by atoms with Gasteiger partial charge >= 0.3 is 0 Å². The van der Waals surface area contributed by atoms with Crippen LogP contribution in [0, 0.1) is 29.6 Å². The second-order valence-corrected chi connectivity index (χ2v) is 10.4. The summed E-state index contributed by atoms with van der Waals surface area (Å²) in [7, 11) is 0. The molecule has 5 nitrogen and oxygen atoms in total. The van der Waals surface area contributed by atoms with E-state index in [-0.39, 0.29) is 5.25 Å². The van der Waals surface area contributed by atoms with E-state index in [9.17, 15) is 0 Å². The zero-order chi connectivity index (χ0) is 23.5. The fraction of sp³-hybridized carbons (Fsp3) is 1.00. The molecule has 0 saturated heterocycles. The first-order chi connectivity index (χ1) is 14.8. The molecule has 0 heterocycles. The molecule has 0 aliphatic heterocycles. The van der Waals surface area contributed by atoms with Crippen molar-refractivity contribution >= 4 is 12.6 Å². The molecule has 0 bridgehead atoms. The minimum atomic E-state index is 0.122. The van der Waals surface area contributed by atoms with Gasteiger partial charge in [-0.1, -0.05) is 61.3 Å². The van der Waals surface area contributed by atoms with Crippen molar-refractivity contribution < 1.29 is 23.7 Å². The molecule has 6 unspecified atom stereocenters. The SMILES string of the molecule is CCC(C)COCC(C)COCC(C)COCC(C)COCC(S)COCC(C)CC. The molecule has 31 heavy (non-hydrogen) atoms. The van der Waals surface area contributed by atoms with Crippen LogP contribution in [0.2, 0.25) is 0 Å². The Morgan fingerprint density at radius 2 is 0.645 bits per heavy atom. The number of ether oxygens (including phenoxy) is 5. The molecule has 0 rings (SSSR count). The molecular weight excluding hydrogens is 412 g/mol. The first-order valence-electron chi connectivity index (χ1n) is 12.3. The summed E-state index contributed by atoms with van der Waals surface area (Å²) in [5.74, 6) is 2.39. The van der Waals surface area contributed by atoms with Crippen LogP contribution >= 0.6 is 12.6 Å². The van der Waals surface area contributed by atoms with E-state index in [1.807, 2.05) is 0 Å². The first-order valence-corrected chi connectivity index (χ1v) is 12.9. The van der Waals surface area contributed by atoms with E-state index < -0.39 is 0 Å². The van der Waals surface area contributed by atoms with E-state index in [1.54, 1.807) is 0 Å². The van der Waals surface area contributed by atoms with Crippen LogP contribution < -0.4 is 0 Å². The van der Waals surface area contributed by atoms with Crippen molar-refractivity contribution in [2.75, 3.05) is 66.1 Å². The Morgan fingerprint density at radius 1 is 0.419 bits per heavy atom. The number of rotatable bonds is 22. The van der Waals surface area contributed by atoms with Gasteiger partial charge in [-0.3, -0.25) is 0 Å². The number of thiol groups is 1. The average Bonchev–Trinajstić information content (AvgIpc) is 2.73. The van der Waals surface area contributed by atoms with E-state index in [0.29, 0.717) is 62.6 Å². The van der Waals surface area contributed by atoms with E-state index in [0.717, 1.165) is 45.9 Å². The summed E-state index contributed by atoms with van der Waals surface area (Å²) >= 11 is 4.54. The van der Waals surface area contributed by atoms with Crippen LogP contribution in [0.3, 0.4) is 0 Å². The molecule has 0 spiro atoms. The lowest BCUT2D eigenvalue weighted by atomic mass is 10.1. The van der Waals surface area contributed by atoms with Gasteiger partial charge in [-0.15, -0.1) is 0 Å². The fourth-order valence-corrected chi connectivity index (χ4v) is 2.86. The maximum absolute atomic E-state index is 5.85. The van der Waals surface area contributed by atoms with Gasteiger partial charge in [0.15, 0.2) is 0 Å². The highest BCUT2D eigenvalue weighted by molar-refractivity contribution is 7.81. The molecule has 0 aromatic rings. The van der Waals surface area contributed by atoms with Crippen molar-refractivity contribution in [1.82, 2.24) is 0 Å². The summed E-state index contributed by atoms with van der Waals surface area (Å²) in [4.78, 5) is 0. The Morgan fingerprint density at radius 3 is 0.903 bits per heavy atom. The molecule has 0 saturated carbocycles. The van der Waals surface area contributed by atoms with E-state index >= 15 is 0 Å². The topological polar surface area (TPSA) is 46.2 Å². The summed E-state index contributed by atoms with van der Waals surface area (Å²) in [6, 6.07) is 0. The summed E-state index contributed by atoms with van der Waals surface area (Å²) in [6.45, 7) is 22.5. The van der Waals surface area contributed by atoms with Crippen molar-refractivity contribution in [3.8, 4) is 0 Å².